The molecule has 0 aromatic heterocycles. The van der Waals surface area contributed by atoms with Gasteiger partial charge in [-0.1, -0.05) is 0 Å². The van der Waals surface area contributed by atoms with E-state index in [1.165, 1.54) is 7.11 Å². The fourth-order valence-electron chi connectivity index (χ4n) is 1.45. The van der Waals surface area contributed by atoms with E-state index in [1.54, 1.807) is 18.2 Å². The highest BCUT2D eigenvalue weighted by Gasteiger charge is 2.08. The number of rotatable bonds is 8. The summed E-state index contributed by atoms with van der Waals surface area (Å²) in [6.45, 7) is 2.39. The molecule has 20 heavy (non-hydrogen) atoms. The molecule has 0 radical (unpaired) electrons. The SMILES string of the molecule is CCOc1ccc(NC(=O)CSCC(=O)O)cc1OC. The molecule has 0 saturated heterocycles. The Morgan fingerprint density at radius 1 is 1.30 bits per heavy atom. The summed E-state index contributed by atoms with van der Waals surface area (Å²) in [5.41, 5.74) is 0.575. The van der Waals surface area contributed by atoms with Crippen molar-refractivity contribution in [2.45, 2.75) is 6.92 Å². The predicted octanol–water partition coefficient (Wildman–Crippen LogP) is 1.85. The van der Waals surface area contributed by atoms with Crippen LogP contribution in [0.5, 0.6) is 11.5 Å². The molecule has 1 aromatic rings. The summed E-state index contributed by atoms with van der Waals surface area (Å²) in [6, 6.07) is 5.07. The highest BCUT2D eigenvalue weighted by Crippen LogP contribution is 2.30. The van der Waals surface area contributed by atoms with E-state index in [0.717, 1.165) is 11.8 Å². The molecule has 7 heteroatoms. The summed E-state index contributed by atoms with van der Waals surface area (Å²) < 4.78 is 10.5. The number of ether oxygens (including phenoxy) is 2. The van der Waals surface area contributed by atoms with Crippen LogP contribution >= 0.6 is 11.8 Å². The first-order valence-electron chi connectivity index (χ1n) is 5.97. The fraction of sp³-hybridized carbons (Fsp3) is 0.385. The molecule has 1 rings (SSSR count). The maximum absolute atomic E-state index is 11.6. The van der Waals surface area contributed by atoms with Gasteiger partial charge in [-0.2, -0.15) is 0 Å². The van der Waals surface area contributed by atoms with Gasteiger partial charge in [-0.05, 0) is 19.1 Å². The summed E-state index contributed by atoms with van der Waals surface area (Å²) in [5, 5.41) is 11.2. The summed E-state index contributed by atoms with van der Waals surface area (Å²) in [4.78, 5) is 21.9. The molecule has 0 aliphatic rings. The molecular weight excluding hydrogens is 282 g/mol. The molecule has 2 N–H and O–H groups in total. The van der Waals surface area contributed by atoms with Gasteiger partial charge < -0.3 is 19.9 Å². The standard InChI is InChI=1S/C13H17NO5S/c1-3-19-10-5-4-9(6-11(10)18-2)14-12(15)7-20-8-13(16)17/h4-6H,3,7-8H2,1-2H3,(H,14,15)(H,16,17). The number of hydrogen-bond acceptors (Lipinski definition) is 5. The molecular formula is C13H17NO5S. The van der Waals surface area contributed by atoms with Crippen LogP contribution in [0.2, 0.25) is 0 Å². The second kappa shape index (κ2) is 8.31. The average Bonchev–Trinajstić information content (AvgIpc) is 2.40. The Balaban J connectivity index is 2.59. The van der Waals surface area contributed by atoms with Crippen molar-refractivity contribution in [1.29, 1.82) is 0 Å². The zero-order valence-corrected chi connectivity index (χ0v) is 12.2. The maximum atomic E-state index is 11.6. The summed E-state index contributed by atoms with van der Waals surface area (Å²) in [7, 11) is 1.52. The number of methoxy groups -OCH3 is 1. The Kier molecular flexibility index (Phi) is 6.72. The topological polar surface area (TPSA) is 84.9 Å². The second-order valence-electron chi connectivity index (χ2n) is 3.73. The van der Waals surface area contributed by atoms with E-state index in [9.17, 15) is 9.59 Å². The van der Waals surface area contributed by atoms with Crippen LogP contribution in [-0.4, -0.2) is 42.2 Å². The van der Waals surface area contributed by atoms with Gasteiger partial charge >= 0.3 is 5.97 Å². The Labute approximate surface area is 121 Å². The lowest BCUT2D eigenvalue weighted by molar-refractivity contribution is -0.133. The monoisotopic (exact) mass is 299 g/mol. The van der Waals surface area contributed by atoms with Crippen LogP contribution in [0.3, 0.4) is 0 Å². The lowest BCUT2D eigenvalue weighted by Gasteiger charge is -2.11. The van der Waals surface area contributed by atoms with Gasteiger partial charge in [0.25, 0.3) is 0 Å². The molecule has 0 unspecified atom stereocenters. The van der Waals surface area contributed by atoms with E-state index >= 15 is 0 Å². The van der Waals surface area contributed by atoms with Gasteiger partial charge in [0, 0.05) is 11.8 Å². The van der Waals surface area contributed by atoms with Crippen LogP contribution in [0.1, 0.15) is 6.92 Å². The molecule has 0 bridgehead atoms. The molecule has 0 saturated carbocycles. The summed E-state index contributed by atoms with van der Waals surface area (Å²) in [6.07, 6.45) is 0. The number of aliphatic carboxylic acids is 1. The van der Waals surface area contributed by atoms with Crippen molar-refractivity contribution in [3.8, 4) is 11.5 Å². The lowest BCUT2D eigenvalue weighted by Crippen LogP contribution is -2.15. The van der Waals surface area contributed by atoms with Crippen molar-refractivity contribution in [2.75, 3.05) is 30.5 Å². The van der Waals surface area contributed by atoms with E-state index in [2.05, 4.69) is 5.32 Å². The Morgan fingerprint density at radius 3 is 2.65 bits per heavy atom. The van der Waals surface area contributed by atoms with E-state index in [1.807, 2.05) is 6.92 Å². The van der Waals surface area contributed by atoms with Crippen LogP contribution < -0.4 is 14.8 Å². The first kappa shape index (κ1) is 16.2. The van der Waals surface area contributed by atoms with Gasteiger partial charge in [-0.25, -0.2) is 0 Å². The fourth-order valence-corrected chi connectivity index (χ4v) is 1.98. The van der Waals surface area contributed by atoms with Crippen molar-refractivity contribution < 1.29 is 24.2 Å². The predicted molar refractivity (Wildman–Crippen MR) is 77.8 cm³/mol. The number of carbonyl (C=O) groups is 2. The summed E-state index contributed by atoms with van der Waals surface area (Å²) in [5.74, 6) is -0.0777. The number of hydrogen-bond donors (Lipinski definition) is 2. The van der Waals surface area contributed by atoms with Crippen molar-refractivity contribution >= 4 is 29.3 Å². The quantitative estimate of drug-likeness (QED) is 0.762. The van der Waals surface area contributed by atoms with Crippen LogP contribution in [0.15, 0.2) is 18.2 Å². The summed E-state index contributed by atoms with van der Waals surface area (Å²) >= 11 is 1.04. The highest BCUT2D eigenvalue weighted by molar-refractivity contribution is 8.00. The Hall–Kier alpha value is -1.89. The molecule has 0 spiro atoms. The molecule has 1 amide bonds. The number of thioether (sulfide) groups is 1. The number of carboxylic acids is 1. The van der Waals surface area contributed by atoms with E-state index in [-0.39, 0.29) is 17.4 Å². The maximum Gasteiger partial charge on any atom is 0.313 e. The number of carboxylic acid groups (broad SMARTS) is 1. The third-order valence-electron chi connectivity index (χ3n) is 2.21. The largest absolute Gasteiger partial charge is 0.493 e. The van der Waals surface area contributed by atoms with Gasteiger partial charge in [0.05, 0.1) is 25.2 Å². The van der Waals surface area contributed by atoms with Gasteiger partial charge in [-0.3, -0.25) is 9.59 Å². The van der Waals surface area contributed by atoms with E-state index < -0.39 is 5.97 Å². The normalized spacial score (nSPS) is 9.90. The van der Waals surface area contributed by atoms with Crippen LogP contribution in [0.4, 0.5) is 5.69 Å². The van der Waals surface area contributed by atoms with E-state index in [0.29, 0.717) is 23.8 Å². The van der Waals surface area contributed by atoms with Crippen LogP contribution in [0.25, 0.3) is 0 Å². The molecule has 0 fully saturated rings. The number of anilines is 1. The van der Waals surface area contributed by atoms with Crippen LogP contribution in [-0.2, 0) is 9.59 Å². The van der Waals surface area contributed by atoms with Gasteiger partial charge in [0.2, 0.25) is 5.91 Å². The zero-order valence-electron chi connectivity index (χ0n) is 11.3. The number of carbonyl (C=O) groups excluding carboxylic acids is 1. The van der Waals surface area contributed by atoms with Crippen molar-refractivity contribution in [3.63, 3.8) is 0 Å². The van der Waals surface area contributed by atoms with Crippen molar-refractivity contribution in [1.82, 2.24) is 0 Å². The Bertz CT molecular complexity index is 478. The molecule has 0 aliphatic heterocycles. The zero-order chi connectivity index (χ0) is 15.0. The minimum atomic E-state index is -0.939. The lowest BCUT2D eigenvalue weighted by atomic mass is 10.2. The first-order valence-corrected chi connectivity index (χ1v) is 7.12. The molecule has 0 aliphatic carbocycles. The van der Waals surface area contributed by atoms with Gasteiger partial charge in [0.15, 0.2) is 11.5 Å². The smallest absolute Gasteiger partial charge is 0.313 e. The molecule has 110 valence electrons. The number of benzene rings is 1. The Morgan fingerprint density at radius 2 is 2.05 bits per heavy atom. The third kappa shape index (κ3) is 5.40. The van der Waals surface area contributed by atoms with Crippen molar-refractivity contribution in [3.05, 3.63) is 18.2 Å². The van der Waals surface area contributed by atoms with Crippen molar-refractivity contribution in [2.24, 2.45) is 0 Å². The van der Waals surface area contributed by atoms with E-state index in [4.69, 9.17) is 14.6 Å². The minimum Gasteiger partial charge on any atom is -0.493 e. The molecule has 1 aromatic carbocycles. The molecule has 0 atom stereocenters. The minimum absolute atomic E-state index is 0.0851. The number of nitrogens with one attached hydrogen (secondary N) is 1. The van der Waals surface area contributed by atoms with Crippen LogP contribution in [0, 0.1) is 0 Å². The van der Waals surface area contributed by atoms with Gasteiger partial charge in [0.1, 0.15) is 0 Å². The first-order chi connectivity index (χ1) is 9.56. The second-order valence-corrected chi connectivity index (χ2v) is 4.72. The molecule has 0 heterocycles. The average molecular weight is 299 g/mol. The van der Waals surface area contributed by atoms with Gasteiger partial charge in [-0.15, -0.1) is 11.8 Å². The third-order valence-corrected chi connectivity index (χ3v) is 3.12. The molecule has 6 nitrogen and oxygen atoms in total. The number of amides is 1. The highest BCUT2D eigenvalue weighted by atomic mass is 32.2.